The van der Waals surface area contributed by atoms with Gasteiger partial charge in [0.05, 0.1) is 5.69 Å². The van der Waals surface area contributed by atoms with Crippen LogP contribution in [0.25, 0.3) is 0 Å². The van der Waals surface area contributed by atoms with Crippen LogP contribution in [0.5, 0.6) is 0 Å². The maximum absolute atomic E-state index is 5.82. The van der Waals surface area contributed by atoms with E-state index >= 15 is 0 Å². The summed E-state index contributed by atoms with van der Waals surface area (Å²) in [6, 6.07) is 7.62. The summed E-state index contributed by atoms with van der Waals surface area (Å²) in [4.78, 5) is 0. The van der Waals surface area contributed by atoms with Crippen molar-refractivity contribution < 1.29 is 0 Å². The Bertz CT molecular complexity index is 370. The Morgan fingerprint density at radius 3 is 2.75 bits per heavy atom. The average molecular weight is 237 g/mol. The van der Waals surface area contributed by atoms with Gasteiger partial charge in [-0.2, -0.15) is 5.10 Å². The Kier molecular flexibility index (Phi) is 3.83. The van der Waals surface area contributed by atoms with Crippen molar-refractivity contribution in [3.05, 3.63) is 29.3 Å². The number of halogens is 1. The molecule has 16 heavy (non-hydrogen) atoms. The molecule has 0 bridgehead atoms. The highest BCUT2D eigenvalue weighted by atomic mass is 35.5. The molecule has 0 unspecified atom stereocenters. The van der Waals surface area contributed by atoms with Crippen molar-refractivity contribution in [3.8, 4) is 0 Å². The van der Waals surface area contributed by atoms with E-state index in [2.05, 4.69) is 17.5 Å². The number of nitrogens with one attached hydrogen (secondary N) is 1. The van der Waals surface area contributed by atoms with Gasteiger partial charge in [-0.25, -0.2) is 0 Å². The van der Waals surface area contributed by atoms with Gasteiger partial charge in [-0.05, 0) is 55.9 Å². The van der Waals surface area contributed by atoms with Gasteiger partial charge in [-0.3, -0.25) is 5.43 Å². The first-order valence-corrected chi connectivity index (χ1v) is 6.19. The van der Waals surface area contributed by atoms with E-state index in [-0.39, 0.29) is 0 Å². The van der Waals surface area contributed by atoms with Gasteiger partial charge in [0.15, 0.2) is 0 Å². The van der Waals surface area contributed by atoms with Gasteiger partial charge in [0.2, 0.25) is 0 Å². The van der Waals surface area contributed by atoms with Crippen LogP contribution in [-0.4, -0.2) is 5.71 Å². The van der Waals surface area contributed by atoms with Crippen LogP contribution >= 0.6 is 11.6 Å². The lowest BCUT2D eigenvalue weighted by Crippen LogP contribution is -2.13. The van der Waals surface area contributed by atoms with Gasteiger partial charge in [0.25, 0.3) is 0 Å². The van der Waals surface area contributed by atoms with E-state index in [1.165, 1.54) is 18.6 Å². The Morgan fingerprint density at radius 2 is 2.06 bits per heavy atom. The minimum Gasteiger partial charge on any atom is -0.279 e. The second kappa shape index (κ2) is 5.35. The first-order chi connectivity index (χ1) is 7.74. The highest BCUT2D eigenvalue weighted by molar-refractivity contribution is 6.30. The summed E-state index contributed by atoms with van der Waals surface area (Å²) in [5.41, 5.74) is 5.37. The van der Waals surface area contributed by atoms with E-state index in [1.54, 1.807) is 0 Å². The van der Waals surface area contributed by atoms with Crippen LogP contribution in [0.4, 0.5) is 5.69 Å². The predicted octanol–water partition coefficient (Wildman–Crippen LogP) is 4.32. The van der Waals surface area contributed by atoms with Crippen molar-refractivity contribution in [2.75, 3.05) is 5.43 Å². The smallest absolute Gasteiger partial charge is 0.0562 e. The summed E-state index contributed by atoms with van der Waals surface area (Å²) >= 11 is 5.82. The molecule has 86 valence electrons. The van der Waals surface area contributed by atoms with Crippen LogP contribution in [-0.2, 0) is 0 Å². The summed E-state index contributed by atoms with van der Waals surface area (Å²) < 4.78 is 0. The van der Waals surface area contributed by atoms with E-state index < -0.39 is 0 Å². The highest BCUT2D eigenvalue weighted by Crippen LogP contribution is 2.21. The van der Waals surface area contributed by atoms with Crippen molar-refractivity contribution in [2.45, 2.75) is 32.6 Å². The molecular weight excluding hydrogens is 220 g/mol. The maximum Gasteiger partial charge on any atom is 0.0562 e. The third kappa shape index (κ3) is 3.24. The van der Waals surface area contributed by atoms with Gasteiger partial charge in [-0.15, -0.1) is 0 Å². The molecule has 0 radical (unpaired) electrons. The molecule has 1 atom stereocenters. The lowest BCUT2D eigenvalue weighted by atomic mass is 9.89. The van der Waals surface area contributed by atoms with Crippen LogP contribution in [0.2, 0.25) is 5.02 Å². The molecule has 1 aromatic rings. The fourth-order valence-electron chi connectivity index (χ4n) is 2.03. The summed E-state index contributed by atoms with van der Waals surface area (Å²) in [6.07, 6.45) is 4.85. The Morgan fingerprint density at radius 1 is 1.31 bits per heavy atom. The van der Waals surface area contributed by atoms with Crippen molar-refractivity contribution in [1.82, 2.24) is 0 Å². The topological polar surface area (TPSA) is 24.4 Å². The first kappa shape index (κ1) is 11.5. The van der Waals surface area contributed by atoms with Crippen molar-refractivity contribution in [2.24, 2.45) is 11.0 Å². The maximum atomic E-state index is 5.82. The fourth-order valence-corrected chi connectivity index (χ4v) is 2.16. The molecule has 1 aliphatic rings. The SMILES string of the molecule is C[C@@H]1CCC/C(=N/Nc2ccc(Cl)cc2)C1. The van der Waals surface area contributed by atoms with Crippen LogP contribution in [0.1, 0.15) is 32.6 Å². The molecule has 1 N–H and O–H groups in total. The van der Waals surface area contributed by atoms with Gasteiger partial charge >= 0.3 is 0 Å². The zero-order chi connectivity index (χ0) is 11.4. The van der Waals surface area contributed by atoms with E-state index in [1.807, 2.05) is 24.3 Å². The van der Waals surface area contributed by atoms with Crippen LogP contribution in [0.3, 0.4) is 0 Å². The molecule has 2 nitrogen and oxygen atoms in total. The molecule has 1 saturated carbocycles. The van der Waals surface area contributed by atoms with Crippen LogP contribution in [0.15, 0.2) is 29.4 Å². The normalized spacial score (nSPS) is 23.4. The molecule has 0 aliphatic heterocycles. The Balaban J connectivity index is 1.95. The number of nitrogens with zero attached hydrogens (tertiary/aromatic N) is 1. The monoisotopic (exact) mass is 236 g/mol. The molecule has 0 spiro atoms. The van der Waals surface area contributed by atoms with Crippen molar-refractivity contribution in [3.63, 3.8) is 0 Å². The van der Waals surface area contributed by atoms with Crippen LogP contribution in [0, 0.1) is 5.92 Å². The van der Waals surface area contributed by atoms with Crippen LogP contribution < -0.4 is 5.43 Å². The van der Waals surface area contributed by atoms with E-state index in [0.29, 0.717) is 0 Å². The minimum atomic E-state index is 0.754. The third-order valence-electron chi connectivity index (χ3n) is 2.93. The lowest BCUT2D eigenvalue weighted by Gasteiger charge is -2.19. The first-order valence-electron chi connectivity index (χ1n) is 5.81. The molecule has 0 amide bonds. The number of hydrogen-bond acceptors (Lipinski definition) is 2. The van der Waals surface area contributed by atoms with Gasteiger partial charge in [0, 0.05) is 10.7 Å². The minimum absolute atomic E-state index is 0.754. The molecule has 3 heteroatoms. The van der Waals surface area contributed by atoms with Gasteiger partial charge in [0.1, 0.15) is 0 Å². The number of hydrazone groups is 1. The molecule has 2 rings (SSSR count). The molecular formula is C13H17ClN2. The lowest BCUT2D eigenvalue weighted by molar-refractivity contribution is 0.500. The largest absolute Gasteiger partial charge is 0.279 e. The summed E-state index contributed by atoms with van der Waals surface area (Å²) in [7, 11) is 0. The molecule has 0 aromatic heterocycles. The third-order valence-corrected chi connectivity index (χ3v) is 3.19. The second-order valence-corrected chi connectivity index (χ2v) is 4.93. The molecule has 0 heterocycles. The molecule has 1 fully saturated rings. The zero-order valence-electron chi connectivity index (χ0n) is 9.54. The number of rotatable bonds is 2. The Hall–Kier alpha value is -1.02. The van der Waals surface area contributed by atoms with Gasteiger partial charge in [-0.1, -0.05) is 18.5 Å². The molecule has 0 saturated heterocycles. The molecule has 1 aromatic carbocycles. The summed E-state index contributed by atoms with van der Waals surface area (Å²) in [5.74, 6) is 0.777. The predicted molar refractivity (Wildman–Crippen MR) is 70.1 cm³/mol. The highest BCUT2D eigenvalue weighted by Gasteiger charge is 2.13. The summed E-state index contributed by atoms with van der Waals surface area (Å²) in [6.45, 7) is 2.29. The summed E-state index contributed by atoms with van der Waals surface area (Å²) in [5, 5.41) is 5.21. The van der Waals surface area contributed by atoms with Crippen molar-refractivity contribution >= 4 is 23.0 Å². The van der Waals surface area contributed by atoms with E-state index in [4.69, 9.17) is 11.6 Å². The van der Waals surface area contributed by atoms with Crippen molar-refractivity contribution in [1.29, 1.82) is 0 Å². The van der Waals surface area contributed by atoms with E-state index in [9.17, 15) is 0 Å². The average Bonchev–Trinajstić information content (AvgIpc) is 2.28. The quantitative estimate of drug-likeness (QED) is 0.760. The van der Waals surface area contributed by atoms with Gasteiger partial charge < -0.3 is 0 Å². The number of benzene rings is 1. The number of anilines is 1. The second-order valence-electron chi connectivity index (χ2n) is 4.50. The zero-order valence-corrected chi connectivity index (χ0v) is 10.3. The standard InChI is InChI=1S/C13H17ClN2/c1-10-3-2-4-13(9-10)16-15-12-7-5-11(14)6-8-12/h5-8,10,15H,2-4,9H2,1H3/b16-13-/t10-/m1/s1. The van der Waals surface area contributed by atoms with E-state index in [0.717, 1.165) is 29.5 Å². The number of hydrogen-bond donors (Lipinski definition) is 1. The molecule has 1 aliphatic carbocycles. The Labute approximate surface area is 102 Å². The fraction of sp³-hybridized carbons (Fsp3) is 0.462.